The van der Waals surface area contributed by atoms with Gasteiger partial charge in [0.2, 0.25) is 0 Å². The molecule has 1 aliphatic carbocycles. The van der Waals surface area contributed by atoms with Gasteiger partial charge in [0.1, 0.15) is 0 Å². The Morgan fingerprint density at radius 2 is 2.08 bits per heavy atom. The van der Waals surface area contributed by atoms with E-state index in [9.17, 15) is 4.79 Å². The highest BCUT2D eigenvalue weighted by molar-refractivity contribution is 5.76. The van der Waals surface area contributed by atoms with E-state index >= 15 is 0 Å². The molecule has 1 spiro atoms. The van der Waals surface area contributed by atoms with Gasteiger partial charge in [0, 0.05) is 0 Å². The van der Waals surface area contributed by atoms with E-state index in [4.69, 9.17) is 4.74 Å². The van der Waals surface area contributed by atoms with E-state index in [1.54, 1.807) is 0 Å². The number of likely N-dealkylation sites (tertiary alicyclic amines) is 1. The van der Waals surface area contributed by atoms with Crippen LogP contribution in [0.4, 0.5) is 0 Å². The molecule has 3 heteroatoms. The molecule has 1 atom stereocenters. The minimum Gasteiger partial charge on any atom is -0.469 e. The molecule has 1 heterocycles. The van der Waals surface area contributed by atoms with E-state index in [0.29, 0.717) is 5.41 Å². The first kappa shape index (κ1) is 9.00. The monoisotopic (exact) mass is 183 g/mol. The van der Waals surface area contributed by atoms with Crippen LogP contribution in [0.3, 0.4) is 0 Å². The average Bonchev–Trinajstić information content (AvgIpc) is 2.85. The summed E-state index contributed by atoms with van der Waals surface area (Å²) in [5.41, 5.74) is 0.333. The second kappa shape index (κ2) is 2.98. The first-order valence-electron chi connectivity index (χ1n) is 4.94. The fourth-order valence-corrected chi connectivity index (χ4v) is 2.44. The van der Waals surface area contributed by atoms with Gasteiger partial charge in [0.05, 0.1) is 13.0 Å². The van der Waals surface area contributed by atoms with Crippen LogP contribution in [0.5, 0.6) is 0 Å². The van der Waals surface area contributed by atoms with Gasteiger partial charge in [-0.15, -0.1) is 0 Å². The summed E-state index contributed by atoms with van der Waals surface area (Å²) in [6, 6.07) is 0. The molecule has 2 rings (SSSR count). The first-order chi connectivity index (χ1) is 6.18. The Morgan fingerprint density at radius 3 is 2.62 bits per heavy atom. The van der Waals surface area contributed by atoms with Crippen molar-refractivity contribution in [2.75, 3.05) is 27.2 Å². The lowest BCUT2D eigenvalue weighted by Crippen LogP contribution is -2.32. The highest BCUT2D eigenvalue weighted by atomic mass is 16.5. The number of nitrogens with zero attached hydrogens (tertiary/aromatic N) is 1. The lowest BCUT2D eigenvalue weighted by Gasteiger charge is -2.29. The van der Waals surface area contributed by atoms with E-state index in [-0.39, 0.29) is 11.9 Å². The molecular weight excluding hydrogens is 166 g/mol. The highest BCUT2D eigenvalue weighted by Gasteiger charge is 2.58. The van der Waals surface area contributed by atoms with E-state index < -0.39 is 0 Å². The number of rotatable bonds is 1. The third-order valence-electron chi connectivity index (χ3n) is 3.66. The molecule has 0 aromatic carbocycles. The molecular formula is C10H17NO2. The molecule has 3 nitrogen and oxygen atoms in total. The van der Waals surface area contributed by atoms with Crippen LogP contribution >= 0.6 is 0 Å². The molecule has 1 saturated carbocycles. The number of esters is 1. The van der Waals surface area contributed by atoms with Gasteiger partial charge in [-0.3, -0.25) is 4.79 Å². The van der Waals surface area contributed by atoms with Gasteiger partial charge < -0.3 is 9.64 Å². The van der Waals surface area contributed by atoms with Gasteiger partial charge in [-0.05, 0) is 44.8 Å². The minimum atomic E-state index is 0.00422. The maximum Gasteiger partial charge on any atom is 0.309 e. The molecule has 13 heavy (non-hydrogen) atoms. The normalized spacial score (nSPS) is 31.7. The third kappa shape index (κ3) is 1.46. The van der Waals surface area contributed by atoms with Crippen molar-refractivity contribution in [1.29, 1.82) is 0 Å². The Kier molecular flexibility index (Phi) is 2.06. The maximum atomic E-state index is 11.3. The van der Waals surface area contributed by atoms with Crippen molar-refractivity contribution in [3.8, 4) is 0 Å². The predicted octanol–water partition coefficient (Wildman–Crippen LogP) is 0.891. The second-order valence-electron chi connectivity index (χ2n) is 4.45. The van der Waals surface area contributed by atoms with Gasteiger partial charge >= 0.3 is 5.97 Å². The molecule has 1 saturated heterocycles. The van der Waals surface area contributed by atoms with Gasteiger partial charge in [0.15, 0.2) is 0 Å². The Labute approximate surface area is 79.0 Å². The number of hydrogen-bond donors (Lipinski definition) is 0. The van der Waals surface area contributed by atoms with Crippen LogP contribution in [0.25, 0.3) is 0 Å². The summed E-state index contributed by atoms with van der Waals surface area (Å²) < 4.78 is 4.78. The summed E-state index contributed by atoms with van der Waals surface area (Å²) in [4.78, 5) is 13.6. The summed E-state index contributed by atoms with van der Waals surface area (Å²) >= 11 is 0. The van der Waals surface area contributed by atoms with Gasteiger partial charge in [-0.1, -0.05) is 0 Å². The van der Waals surface area contributed by atoms with Crippen molar-refractivity contribution in [3.05, 3.63) is 0 Å². The number of ether oxygens (including phenoxy) is 1. The summed E-state index contributed by atoms with van der Waals surface area (Å²) in [5.74, 6) is 0.218. The van der Waals surface area contributed by atoms with Gasteiger partial charge in [0.25, 0.3) is 0 Å². The lowest BCUT2D eigenvalue weighted by atomic mass is 9.91. The van der Waals surface area contributed by atoms with Crippen LogP contribution in [0, 0.1) is 11.3 Å². The van der Waals surface area contributed by atoms with E-state index in [1.807, 2.05) is 0 Å². The molecule has 0 radical (unpaired) electrons. The topological polar surface area (TPSA) is 29.5 Å². The number of methoxy groups -OCH3 is 1. The molecule has 0 aromatic rings. The Balaban J connectivity index is 1.92. The number of carbonyl (C=O) groups is 1. The van der Waals surface area contributed by atoms with Crippen molar-refractivity contribution in [2.24, 2.45) is 11.3 Å². The molecule has 0 N–H and O–H groups in total. The van der Waals surface area contributed by atoms with Crippen molar-refractivity contribution in [2.45, 2.75) is 19.3 Å². The Bertz CT molecular complexity index is 219. The molecule has 2 fully saturated rings. The maximum absolute atomic E-state index is 11.3. The van der Waals surface area contributed by atoms with Gasteiger partial charge in [-0.2, -0.15) is 0 Å². The first-order valence-corrected chi connectivity index (χ1v) is 4.94. The zero-order valence-electron chi connectivity index (χ0n) is 8.38. The SMILES string of the molecule is COC(=O)C1CC12CCN(C)CC2. The fourth-order valence-electron chi connectivity index (χ4n) is 2.44. The standard InChI is InChI=1S/C10H17NO2/c1-11-5-3-10(4-6-11)7-8(10)9(12)13-2/h8H,3-7H2,1-2H3. The van der Waals surface area contributed by atoms with Crippen molar-refractivity contribution in [3.63, 3.8) is 0 Å². The molecule has 1 unspecified atom stereocenters. The Hall–Kier alpha value is -0.570. The smallest absolute Gasteiger partial charge is 0.309 e. The van der Waals surface area contributed by atoms with E-state index in [1.165, 1.54) is 20.0 Å². The van der Waals surface area contributed by atoms with Crippen LogP contribution in [-0.4, -0.2) is 38.1 Å². The fraction of sp³-hybridized carbons (Fsp3) is 0.900. The summed E-state index contributed by atoms with van der Waals surface area (Å²) in [5, 5.41) is 0. The number of hydrogen-bond acceptors (Lipinski definition) is 3. The number of piperidine rings is 1. The summed E-state index contributed by atoms with van der Waals surface area (Å²) in [7, 11) is 3.63. The van der Waals surface area contributed by atoms with E-state index in [0.717, 1.165) is 19.5 Å². The number of carbonyl (C=O) groups excluding carboxylic acids is 1. The zero-order valence-corrected chi connectivity index (χ0v) is 8.38. The van der Waals surface area contributed by atoms with Crippen LogP contribution in [0.15, 0.2) is 0 Å². The van der Waals surface area contributed by atoms with Crippen molar-refractivity contribution < 1.29 is 9.53 Å². The quantitative estimate of drug-likeness (QED) is 0.565. The highest BCUT2D eigenvalue weighted by Crippen LogP contribution is 2.59. The molecule has 74 valence electrons. The van der Waals surface area contributed by atoms with Gasteiger partial charge in [-0.25, -0.2) is 0 Å². The predicted molar refractivity (Wildman–Crippen MR) is 49.3 cm³/mol. The third-order valence-corrected chi connectivity index (χ3v) is 3.66. The summed E-state index contributed by atoms with van der Waals surface area (Å²) in [6.45, 7) is 2.26. The van der Waals surface area contributed by atoms with Crippen LogP contribution < -0.4 is 0 Å². The van der Waals surface area contributed by atoms with Crippen LogP contribution in [0.2, 0.25) is 0 Å². The largest absolute Gasteiger partial charge is 0.469 e. The lowest BCUT2D eigenvalue weighted by molar-refractivity contribution is -0.143. The van der Waals surface area contributed by atoms with Crippen LogP contribution in [0.1, 0.15) is 19.3 Å². The molecule has 0 aromatic heterocycles. The van der Waals surface area contributed by atoms with Crippen LogP contribution in [-0.2, 0) is 9.53 Å². The van der Waals surface area contributed by atoms with Crippen molar-refractivity contribution in [1.82, 2.24) is 4.90 Å². The second-order valence-corrected chi connectivity index (χ2v) is 4.45. The summed E-state index contributed by atoms with van der Waals surface area (Å²) in [6.07, 6.45) is 3.40. The average molecular weight is 183 g/mol. The van der Waals surface area contributed by atoms with E-state index in [2.05, 4.69) is 11.9 Å². The zero-order chi connectivity index (χ0) is 9.47. The van der Waals surface area contributed by atoms with Crippen molar-refractivity contribution >= 4 is 5.97 Å². The molecule has 2 aliphatic rings. The molecule has 1 aliphatic heterocycles. The molecule has 0 amide bonds. The molecule has 0 bridgehead atoms. The Morgan fingerprint density at radius 1 is 1.46 bits per heavy atom. The minimum absolute atomic E-state index is 0.00422.